The Balaban J connectivity index is 1.02. The second-order valence-corrected chi connectivity index (χ2v) is 22.3. The van der Waals surface area contributed by atoms with E-state index in [2.05, 4.69) is 9.98 Å². The molecular formula is C59H36N6O13S4. The summed E-state index contributed by atoms with van der Waals surface area (Å²) in [6.45, 7) is 1.52. The van der Waals surface area contributed by atoms with Gasteiger partial charge in [-0.3, -0.25) is 19.2 Å². The summed E-state index contributed by atoms with van der Waals surface area (Å²) in [6, 6.07) is 41.2. The number of amides is 6. The fraction of sp³-hybridized carbons (Fsp3) is 0.119. The predicted octanol–water partition coefficient (Wildman–Crippen LogP) is 11.2. The first-order chi connectivity index (χ1) is 39.7. The van der Waals surface area contributed by atoms with E-state index in [-0.39, 0.29) is 73.4 Å². The summed E-state index contributed by atoms with van der Waals surface area (Å²) in [6.07, 6.45) is -2.64. The van der Waals surface area contributed by atoms with Gasteiger partial charge in [-0.2, -0.15) is 20.3 Å². The van der Waals surface area contributed by atoms with Gasteiger partial charge in [0.1, 0.15) is 71.1 Å². The van der Waals surface area contributed by atoms with E-state index in [1.807, 2.05) is 0 Å². The van der Waals surface area contributed by atoms with Gasteiger partial charge in [0, 0.05) is 15.8 Å². The van der Waals surface area contributed by atoms with E-state index in [4.69, 9.17) is 23.7 Å². The van der Waals surface area contributed by atoms with Crippen LogP contribution in [0.5, 0.6) is 5.75 Å². The van der Waals surface area contributed by atoms with Gasteiger partial charge in [-0.25, -0.2) is 29.2 Å². The van der Waals surface area contributed by atoms with E-state index < -0.39 is 75.9 Å². The zero-order valence-electron chi connectivity index (χ0n) is 42.7. The minimum atomic E-state index is -2.72. The maximum atomic E-state index is 15.3. The molecule has 0 aliphatic carbocycles. The largest absolute Gasteiger partial charge is 0.457 e. The molecule has 8 aromatic rings. The van der Waals surface area contributed by atoms with Crippen LogP contribution in [0.1, 0.15) is 41.7 Å². The van der Waals surface area contributed by atoms with Crippen LogP contribution in [0.4, 0.5) is 19.6 Å². The second kappa shape index (κ2) is 22.2. The second-order valence-electron chi connectivity index (χ2n) is 18.1. The topological polar surface area (TPSA) is 261 Å². The Morgan fingerprint density at radius 3 is 1.28 bits per heavy atom. The number of hydrogen-bond donors (Lipinski definition) is 0. The molecule has 4 aromatic carbocycles. The van der Waals surface area contributed by atoms with E-state index in [1.54, 1.807) is 146 Å². The van der Waals surface area contributed by atoms with Gasteiger partial charge in [0.25, 0.3) is 23.6 Å². The number of nitriles is 2. The molecule has 0 saturated heterocycles. The third-order valence-electron chi connectivity index (χ3n) is 13.0. The number of benzene rings is 4. The normalized spacial score (nSPS) is 15.8. The molecule has 3 aliphatic heterocycles. The van der Waals surface area contributed by atoms with Crippen molar-refractivity contribution in [1.82, 2.24) is 9.80 Å². The smallest absolute Gasteiger partial charge is 0.424 e. The van der Waals surface area contributed by atoms with Gasteiger partial charge in [0.05, 0.1) is 29.4 Å². The van der Waals surface area contributed by atoms with Crippen molar-refractivity contribution in [3.8, 4) is 27.6 Å². The lowest BCUT2D eigenvalue weighted by Crippen LogP contribution is -2.52. The molecule has 4 aromatic heterocycles. The van der Waals surface area contributed by atoms with Crippen molar-refractivity contribution in [2.45, 2.75) is 45.9 Å². The third-order valence-corrected chi connectivity index (χ3v) is 17.8. The summed E-state index contributed by atoms with van der Waals surface area (Å²) in [4.78, 5) is 123. The summed E-state index contributed by atoms with van der Waals surface area (Å²) in [7, 11) is 0. The van der Waals surface area contributed by atoms with E-state index in [0.717, 1.165) is 34.0 Å². The van der Waals surface area contributed by atoms with Gasteiger partial charge < -0.3 is 23.7 Å². The highest BCUT2D eigenvalue weighted by Crippen LogP contribution is 2.61. The first kappa shape index (κ1) is 53.9. The van der Waals surface area contributed by atoms with Crippen molar-refractivity contribution in [1.29, 1.82) is 10.5 Å². The Morgan fingerprint density at radius 1 is 0.512 bits per heavy atom. The average molecular weight is 1170 g/mol. The van der Waals surface area contributed by atoms with Gasteiger partial charge in [0.15, 0.2) is 5.75 Å². The Hall–Kier alpha value is -10.0. The van der Waals surface area contributed by atoms with Crippen molar-refractivity contribution < 1.29 is 62.0 Å². The Morgan fingerprint density at radius 2 is 0.878 bits per heavy atom. The van der Waals surface area contributed by atoms with Crippen LogP contribution in [-0.4, -0.2) is 69.0 Å². The zero-order valence-corrected chi connectivity index (χ0v) is 45.9. The number of rotatable bonds is 12. The van der Waals surface area contributed by atoms with E-state index in [0.29, 0.717) is 46.1 Å². The van der Waals surface area contributed by atoms with E-state index in [1.165, 1.54) is 25.2 Å². The molecule has 0 saturated carbocycles. The maximum absolute atomic E-state index is 15.3. The third kappa shape index (κ3) is 9.72. The van der Waals surface area contributed by atoms with Crippen LogP contribution in [0.2, 0.25) is 0 Å². The molecule has 11 rings (SSSR count). The fourth-order valence-electron chi connectivity index (χ4n) is 8.93. The van der Waals surface area contributed by atoms with Gasteiger partial charge in [0.2, 0.25) is 0 Å². The van der Waals surface area contributed by atoms with Crippen molar-refractivity contribution in [2.24, 2.45) is 9.98 Å². The number of fused-ring (bicyclic) bond motifs is 7. The molecule has 82 heavy (non-hydrogen) atoms. The van der Waals surface area contributed by atoms with Gasteiger partial charge in [-0.1, -0.05) is 121 Å². The minimum Gasteiger partial charge on any atom is -0.457 e. The number of carbonyl (C=O) groups excluding carboxylic acids is 8. The molecular weight excluding hydrogens is 1130 g/mol. The monoisotopic (exact) mass is 1160 g/mol. The zero-order chi connectivity index (χ0) is 57.4. The highest BCUT2D eigenvalue weighted by atomic mass is 32.1. The van der Waals surface area contributed by atoms with E-state index >= 15 is 9.59 Å². The van der Waals surface area contributed by atoms with Crippen LogP contribution < -0.4 is 4.74 Å². The number of ether oxygens (including phenoxy) is 5. The molecule has 404 valence electrons. The molecule has 0 radical (unpaired) electrons. The Labute approximate surface area is 480 Å². The Bertz CT molecular complexity index is 4200. The molecule has 7 heterocycles. The van der Waals surface area contributed by atoms with Crippen molar-refractivity contribution in [2.75, 3.05) is 0 Å². The molecule has 23 heteroatoms. The minimum absolute atomic E-state index is 0.0321. The van der Waals surface area contributed by atoms with Crippen LogP contribution in [0, 0.1) is 22.7 Å². The van der Waals surface area contributed by atoms with Gasteiger partial charge >= 0.3 is 29.7 Å². The summed E-state index contributed by atoms with van der Waals surface area (Å²) in [5.41, 5.74) is -2.45. The molecule has 0 spiro atoms. The van der Waals surface area contributed by atoms with Gasteiger partial charge in [-0.15, -0.1) is 45.3 Å². The average Bonchev–Trinajstić information content (AvgIpc) is 2.48. The van der Waals surface area contributed by atoms with Gasteiger partial charge in [-0.05, 0) is 48.2 Å². The molecule has 0 N–H and O–H groups in total. The van der Waals surface area contributed by atoms with Crippen LogP contribution >= 0.6 is 45.3 Å². The summed E-state index contributed by atoms with van der Waals surface area (Å²) in [5.74, 6) is -6.95. The van der Waals surface area contributed by atoms with Crippen molar-refractivity contribution in [3.05, 3.63) is 184 Å². The Kier molecular flexibility index (Phi) is 14.6. The summed E-state index contributed by atoms with van der Waals surface area (Å²) < 4.78 is 31.2. The number of nitrogens with zero attached hydrogens (tertiary/aromatic N) is 6. The molecule has 19 nitrogen and oxygen atoms in total. The summed E-state index contributed by atoms with van der Waals surface area (Å²) >= 11 is 4.27. The summed E-state index contributed by atoms with van der Waals surface area (Å²) in [5, 5.41) is 20.4. The number of hydrogen-bond acceptors (Lipinski definition) is 21. The van der Waals surface area contributed by atoms with Crippen LogP contribution in [0.25, 0.3) is 28.6 Å². The van der Waals surface area contributed by atoms with Crippen LogP contribution in [0.3, 0.4) is 0 Å². The standard InChI is InChI=1S/C59H36N6O13S4/c1-31-37(25-60)51(66)64(57(72)76-29-35-19-11-5-12-20-35)53(68)44(31)62-41-23-39-47(81-41)43-49(79-39)50-46(78-59(43,55(70)74-27-33-15-7-3-8-16-33)56(71)75-28-34-17-9-4-10-18-34)48-40(80-50)24-42(82-48)63-45-32(2)38(26-61)52(67)65(54(45)69)58(73)77-30-36-21-13-6-14-22-36/h3-24H,27-30H2,1-2H3/b62-44+,63-45+. The number of thiophene rings is 4. The number of aliphatic imine (C=N–C) groups is 2. The highest BCUT2D eigenvalue weighted by Gasteiger charge is 2.60. The van der Waals surface area contributed by atoms with Crippen molar-refractivity contribution in [3.63, 3.8) is 0 Å². The molecule has 3 aliphatic rings. The SMILES string of the molecule is CC1=C(C#N)C(=O)N(C(=O)OCc2ccccc2)C(=O)/C1=N/c1cc2sc3c(c2s1)OC(C(=O)OCc1ccccc1)(C(=O)OCc1ccccc1)c1c-3sc2cc(/N=C3/C(=O)N(C(=O)OCc4ccccc4)C(=O)C(C#N)=C3C)sc12. The van der Waals surface area contributed by atoms with E-state index in [9.17, 15) is 39.3 Å². The fourth-order valence-corrected chi connectivity index (χ4v) is 14.0. The van der Waals surface area contributed by atoms with Crippen LogP contribution in [0.15, 0.2) is 166 Å². The molecule has 0 bridgehead atoms. The highest BCUT2D eigenvalue weighted by molar-refractivity contribution is 7.36. The van der Waals surface area contributed by atoms with Crippen LogP contribution in [-0.2, 0) is 79.7 Å². The number of esters is 2. The lowest BCUT2D eigenvalue weighted by atomic mass is 9.90. The molecule has 0 atom stereocenters. The quantitative estimate of drug-likeness (QED) is 0.0476. The lowest BCUT2D eigenvalue weighted by molar-refractivity contribution is -0.183. The number of imide groups is 6. The first-order valence-corrected chi connectivity index (χ1v) is 27.8. The molecule has 0 unspecified atom stereocenters. The molecule has 0 fully saturated rings. The van der Waals surface area contributed by atoms with Crippen molar-refractivity contribution >= 4 is 133 Å². The first-order valence-electron chi connectivity index (χ1n) is 24.5. The lowest BCUT2D eigenvalue weighted by Gasteiger charge is -2.33. The maximum Gasteiger partial charge on any atom is 0.424 e. The predicted molar refractivity (Wildman–Crippen MR) is 301 cm³/mol. The molecule has 6 amide bonds. The number of carbonyl (C=O) groups is 8.